The van der Waals surface area contributed by atoms with Gasteiger partial charge in [0.1, 0.15) is 5.75 Å². The molecule has 2 aromatic carbocycles. The Balaban J connectivity index is 2.07. The minimum absolute atomic E-state index is 0.00391. The van der Waals surface area contributed by atoms with Gasteiger partial charge in [0, 0.05) is 5.69 Å². The van der Waals surface area contributed by atoms with E-state index in [0.717, 1.165) is 12.8 Å². The van der Waals surface area contributed by atoms with Gasteiger partial charge in [-0.15, -0.1) is 0 Å². The molecule has 0 aliphatic carbocycles. The highest BCUT2D eigenvalue weighted by atomic mass is 32.2. The maximum Gasteiger partial charge on any atom is 0.335 e. The van der Waals surface area contributed by atoms with Gasteiger partial charge in [-0.05, 0) is 55.0 Å². The van der Waals surface area contributed by atoms with E-state index in [-0.39, 0.29) is 10.5 Å². The largest absolute Gasteiger partial charge is 0.494 e. The maximum atomic E-state index is 12.3. The van der Waals surface area contributed by atoms with Crippen molar-refractivity contribution in [1.29, 1.82) is 0 Å². The number of hydrogen-bond donors (Lipinski definition) is 2. The molecule has 128 valence electrons. The Morgan fingerprint density at radius 2 is 1.71 bits per heavy atom. The first kappa shape index (κ1) is 17.8. The predicted molar refractivity (Wildman–Crippen MR) is 91.1 cm³/mol. The van der Waals surface area contributed by atoms with Gasteiger partial charge in [0.05, 0.1) is 17.1 Å². The summed E-state index contributed by atoms with van der Waals surface area (Å²) >= 11 is 0. The second-order valence-corrected chi connectivity index (χ2v) is 6.84. The molecule has 24 heavy (non-hydrogen) atoms. The Bertz CT molecular complexity index is 783. The Labute approximate surface area is 141 Å². The zero-order chi connectivity index (χ0) is 17.6. The molecule has 2 aromatic rings. The third kappa shape index (κ3) is 4.73. The van der Waals surface area contributed by atoms with E-state index in [1.165, 1.54) is 24.3 Å². The van der Waals surface area contributed by atoms with Gasteiger partial charge in [0.15, 0.2) is 0 Å². The van der Waals surface area contributed by atoms with E-state index in [0.29, 0.717) is 18.0 Å². The number of carbonyl (C=O) groups is 1. The number of carboxylic acid groups (broad SMARTS) is 1. The Hall–Kier alpha value is -2.54. The number of ether oxygens (including phenoxy) is 1. The molecule has 2 rings (SSSR count). The van der Waals surface area contributed by atoms with E-state index in [1.54, 1.807) is 24.3 Å². The molecule has 0 aromatic heterocycles. The molecule has 2 N–H and O–H groups in total. The van der Waals surface area contributed by atoms with E-state index in [4.69, 9.17) is 9.84 Å². The molecule has 0 radical (unpaired) electrons. The molecule has 0 bridgehead atoms. The Kier molecular flexibility index (Phi) is 5.81. The minimum Gasteiger partial charge on any atom is -0.494 e. The van der Waals surface area contributed by atoms with Crippen LogP contribution in [-0.4, -0.2) is 26.1 Å². The maximum absolute atomic E-state index is 12.3. The number of sulfonamides is 1. The summed E-state index contributed by atoms with van der Waals surface area (Å²) in [6.45, 7) is 2.70. The van der Waals surface area contributed by atoms with Crippen molar-refractivity contribution < 1.29 is 23.1 Å². The molecular weight excluding hydrogens is 330 g/mol. The minimum atomic E-state index is -3.77. The lowest BCUT2D eigenvalue weighted by molar-refractivity contribution is 0.0696. The number of anilines is 1. The number of unbranched alkanes of at least 4 members (excludes halogenated alkanes) is 1. The fraction of sp³-hybridized carbons (Fsp3) is 0.235. The van der Waals surface area contributed by atoms with Crippen LogP contribution in [0.3, 0.4) is 0 Å². The van der Waals surface area contributed by atoms with Crippen molar-refractivity contribution in [2.24, 2.45) is 0 Å². The molecule has 6 nitrogen and oxygen atoms in total. The van der Waals surface area contributed by atoms with E-state index >= 15 is 0 Å². The summed E-state index contributed by atoms with van der Waals surface area (Å²) in [6, 6.07) is 11.6. The molecular formula is C17H19NO5S. The zero-order valence-electron chi connectivity index (χ0n) is 13.2. The number of hydrogen-bond acceptors (Lipinski definition) is 4. The molecule has 0 spiro atoms. The van der Waals surface area contributed by atoms with Crippen LogP contribution in [0.2, 0.25) is 0 Å². The number of carboxylic acids is 1. The molecule has 0 saturated carbocycles. The van der Waals surface area contributed by atoms with Crippen LogP contribution >= 0.6 is 0 Å². The SMILES string of the molecule is CCCCOc1ccc(NS(=O)(=O)c2ccc(C(=O)O)cc2)cc1. The molecule has 7 heteroatoms. The van der Waals surface area contributed by atoms with Crippen LogP contribution in [-0.2, 0) is 10.0 Å². The lowest BCUT2D eigenvalue weighted by atomic mass is 10.2. The van der Waals surface area contributed by atoms with E-state index in [1.807, 2.05) is 0 Å². The lowest BCUT2D eigenvalue weighted by Crippen LogP contribution is -2.13. The van der Waals surface area contributed by atoms with E-state index in [2.05, 4.69) is 11.6 Å². The van der Waals surface area contributed by atoms with Crippen LogP contribution < -0.4 is 9.46 Å². The molecule has 0 aliphatic heterocycles. The highest BCUT2D eigenvalue weighted by molar-refractivity contribution is 7.92. The fourth-order valence-electron chi connectivity index (χ4n) is 1.94. The second kappa shape index (κ2) is 7.83. The van der Waals surface area contributed by atoms with E-state index in [9.17, 15) is 13.2 Å². The third-order valence-corrected chi connectivity index (χ3v) is 4.68. The van der Waals surface area contributed by atoms with Crippen molar-refractivity contribution in [3.63, 3.8) is 0 Å². The standard InChI is InChI=1S/C17H19NO5S/c1-2-3-12-23-15-8-6-14(7-9-15)18-24(21,22)16-10-4-13(5-11-16)17(19)20/h4-11,18H,2-3,12H2,1H3,(H,19,20). The van der Waals surface area contributed by atoms with Crippen LogP contribution in [0.5, 0.6) is 5.75 Å². The van der Waals surface area contributed by atoms with Crippen molar-refractivity contribution in [3.05, 3.63) is 54.1 Å². The Morgan fingerprint density at radius 3 is 2.25 bits per heavy atom. The van der Waals surface area contributed by atoms with Crippen LogP contribution in [0.15, 0.2) is 53.4 Å². The smallest absolute Gasteiger partial charge is 0.335 e. The normalized spacial score (nSPS) is 11.0. The summed E-state index contributed by atoms with van der Waals surface area (Å²) in [5.74, 6) is -0.428. The topological polar surface area (TPSA) is 92.7 Å². The van der Waals surface area contributed by atoms with Crippen LogP contribution in [0, 0.1) is 0 Å². The number of aromatic carboxylic acids is 1. The van der Waals surface area contributed by atoms with Gasteiger partial charge in [-0.1, -0.05) is 13.3 Å². The molecule has 0 aliphatic rings. The summed E-state index contributed by atoms with van der Waals surface area (Å²) in [6.07, 6.45) is 2.00. The summed E-state index contributed by atoms with van der Waals surface area (Å²) in [5, 5.41) is 8.84. The highest BCUT2D eigenvalue weighted by Crippen LogP contribution is 2.20. The monoisotopic (exact) mass is 349 g/mol. The summed E-state index contributed by atoms with van der Waals surface area (Å²) in [4.78, 5) is 10.8. The average molecular weight is 349 g/mol. The molecule has 0 unspecified atom stereocenters. The van der Waals surface area contributed by atoms with Gasteiger partial charge in [-0.2, -0.15) is 0 Å². The van der Waals surface area contributed by atoms with Crippen LogP contribution in [0.1, 0.15) is 30.1 Å². The van der Waals surface area contributed by atoms with Crippen molar-refractivity contribution >= 4 is 21.7 Å². The molecule has 0 heterocycles. The van der Waals surface area contributed by atoms with Gasteiger partial charge in [0.2, 0.25) is 0 Å². The summed E-state index contributed by atoms with van der Waals surface area (Å²) in [7, 11) is -3.77. The van der Waals surface area contributed by atoms with Crippen molar-refractivity contribution in [3.8, 4) is 5.75 Å². The Morgan fingerprint density at radius 1 is 1.08 bits per heavy atom. The van der Waals surface area contributed by atoms with Crippen molar-refractivity contribution in [1.82, 2.24) is 0 Å². The van der Waals surface area contributed by atoms with Crippen LogP contribution in [0.4, 0.5) is 5.69 Å². The molecule has 0 saturated heterocycles. The van der Waals surface area contributed by atoms with Gasteiger partial charge in [-0.25, -0.2) is 13.2 Å². The van der Waals surface area contributed by atoms with Crippen molar-refractivity contribution in [2.45, 2.75) is 24.7 Å². The predicted octanol–water partition coefficient (Wildman–Crippen LogP) is 3.36. The average Bonchev–Trinajstić information content (AvgIpc) is 2.56. The molecule has 0 fully saturated rings. The number of rotatable bonds is 8. The van der Waals surface area contributed by atoms with Gasteiger partial charge in [-0.3, -0.25) is 4.72 Å². The fourth-order valence-corrected chi connectivity index (χ4v) is 3.00. The van der Waals surface area contributed by atoms with Crippen LogP contribution in [0.25, 0.3) is 0 Å². The third-order valence-electron chi connectivity index (χ3n) is 3.28. The first-order valence-corrected chi connectivity index (χ1v) is 9.00. The summed E-state index contributed by atoms with van der Waals surface area (Å²) < 4.78 is 32.5. The zero-order valence-corrected chi connectivity index (χ0v) is 14.0. The first-order chi connectivity index (χ1) is 11.4. The van der Waals surface area contributed by atoms with Gasteiger partial charge in [0.25, 0.3) is 10.0 Å². The number of nitrogens with one attached hydrogen (secondary N) is 1. The van der Waals surface area contributed by atoms with E-state index < -0.39 is 16.0 Å². The molecule has 0 amide bonds. The lowest BCUT2D eigenvalue weighted by Gasteiger charge is -2.10. The van der Waals surface area contributed by atoms with Gasteiger partial charge < -0.3 is 9.84 Å². The van der Waals surface area contributed by atoms with Gasteiger partial charge >= 0.3 is 5.97 Å². The highest BCUT2D eigenvalue weighted by Gasteiger charge is 2.15. The summed E-state index contributed by atoms with van der Waals surface area (Å²) in [5.41, 5.74) is 0.433. The second-order valence-electron chi connectivity index (χ2n) is 5.16. The first-order valence-electron chi connectivity index (χ1n) is 7.51. The van der Waals surface area contributed by atoms with Crippen molar-refractivity contribution in [2.75, 3.05) is 11.3 Å². The quantitative estimate of drug-likeness (QED) is 0.713. The molecule has 0 atom stereocenters. The number of benzene rings is 2.